The summed E-state index contributed by atoms with van der Waals surface area (Å²) in [6, 6.07) is 3.50. The van der Waals surface area contributed by atoms with Crippen LogP contribution in [-0.2, 0) is 10.0 Å². The Morgan fingerprint density at radius 1 is 1.32 bits per heavy atom. The number of sulfonamides is 1. The first-order valence-electron chi connectivity index (χ1n) is 6.07. The highest BCUT2D eigenvalue weighted by Crippen LogP contribution is 2.18. The summed E-state index contributed by atoms with van der Waals surface area (Å²) in [5.74, 6) is -0.845. The van der Waals surface area contributed by atoms with Crippen LogP contribution in [-0.4, -0.2) is 39.5 Å². The molecule has 0 heterocycles. The van der Waals surface area contributed by atoms with Crippen LogP contribution in [0.1, 0.15) is 13.8 Å². The number of hydrogen-bond acceptors (Lipinski definition) is 3. The minimum absolute atomic E-state index is 0.166. The second-order valence-electron chi connectivity index (χ2n) is 4.00. The average Bonchev–Trinajstić information content (AvgIpc) is 2.34. The van der Waals surface area contributed by atoms with E-state index in [4.69, 9.17) is 11.6 Å². The summed E-state index contributed by atoms with van der Waals surface area (Å²) < 4.78 is 39.8. The lowest BCUT2D eigenvalue weighted by atomic mass is 10.3. The van der Waals surface area contributed by atoms with Gasteiger partial charge in [0, 0.05) is 18.1 Å². The predicted octanol–water partition coefficient (Wildman–Crippen LogP) is 2.10. The molecule has 1 aromatic carbocycles. The number of hydrogen-bond donors (Lipinski definition) is 1. The van der Waals surface area contributed by atoms with E-state index in [9.17, 15) is 12.8 Å². The predicted molar refractivity (Wildman–Crippen MR) is 74.4 cm³/mol. The Morgan fingerprint density at radius 2 is 1.95 bits per heavy atom. The van der Waals surface area contributed by atoms with Crippen molar-refractivity contribution in [3.63, 3.8) is 0 Å². The van der Waals surface area contributed by atoms with E-state index in [1.165, 1.54) is 6.07 Å². The van der Waals surface area contributed by atoms with Crippen LogP contribution in [0, 0.1) is 5.82 Å². The molecule has 7 heteroatoms. The molecular formula is C12H18ClFN2O2S. The maximum absolute atomic E-state index is 13.6. The van der Waals surface area contributed by atoms with Crippen LogP contribution in [0.25, 0.3) is 0 Å². The summed E-state index contributed by atoms with van der Waals surface area (Å²) >= 11 is 5.59. The highest BCUT2D eigenvalue weighted by Gasteiger charge is 2.18. The highest BCUT2D eigenvalue weighted by molar-refractivity contribution is 7.89. The summed E-state index contributed by atoms with van der Waals surface area (Å²) in [7, 11) is -3.83. The molecule has 0 amide bonds. The van der Waals surface area contributed by atoms with Gasteiger partial charge in [-0.15, -0.1) is 0 Å². The quantitative estimate of drug-likeness (QED) is 0.839. The van der Waals surface area contributed by atoms with Gasteiger partial charge in [0.1, 0.15) is 10.7 Å². The van der Waals surface area contributed by atoms with Crippen molar-refractivity contribution in [3.8, 4) is 0 Å². The molecule has 0 aromatic heterocycles. The molecule has 1 rings (SSSR count). The summed E-state index contributed by atoms with van der Waals surface area (Å²) in [6.45, 7) is 6.50. The maximum Gasteiger partial charge on any atom is 0.243 e. The molecule has 0 aliphatic carbocycles. The summed E-state index contributed by atoms with van der Waals surface area (Å²) in [5.41, 5.74) is 0. The van der Waals surface area contributed by atoms with E-state index in [0.29, 0.717) is 6.54 Å². The Bertz CT molecular complexity index is 518. The summed E-state index contributed by atoms with van der Waals surface area (Å²) in [5, 5.41) is 0.166. The molecule has 0 radical (unpaired) electrons. The number of halogens is 2. The van der Waals surface area contributed by atoms with E-state index in [-0.39, 0.29) is 16.5 Å². The zero-order valence-corrected chi connectivity index (χ0v) is 12.6. The normalized spacial score (nSPS) is 12.1. The van der Waals surface area contributed by atoms with E-state index in [2.05, 4.69) is 9.62 Å². The molecule has 0 saturated carbocycles. The van der Waals surface area contributed by atoms with Crippen molar-refractivity contribution in [3.05, 3.63) is 29.0 Å². The molecule has 4 nitrogen and oxygen atoms in total. The molecule has 108 valence electrons. The lowest BCUT2D eigenvalue weighted by molar-refractivity contribution is 0.309. The fourth-order valence-corrected chi connectivity index (χ4v) is 2.89. The second kappa shape index (κ2) is 7.19. The van der Waals surface area contributed by atoms with Crippen molar-refractivity contribution in [2.75, 3.05) is 26.2 Å². The zero-order valence-electron chi connectivity index (χ0n) is 11.0. The van der Waals surface area contributed by atoms with Gasteiger partial charge in [-0.05, 0) is 31.3 Å². The van der Waals surface area contributed by atoms with Gasteiger partial charge in [0.05, 0.1) is 0 Å². The van der Waals surface area contributed by atoms with Crippen LogP contribution < -0.4 is 4.72 Å². The third kappa shape index (κ3) is 4.72. The van der Waals surface area contributed by atoms with E-state index in [1.54, 1.807) is 0 Å². The summed E-state index contributed by atoms with van der Waals surface area (Å²) in [4.78, 5) is 1.69. The van der Waals surface area contributed by atoms with Gasteiger partial charge in [-0.1, -0.05) is 25.4 Å². The van der Waals surface area contributed by atoms with Crippen molar-refractivity contribution in [1.82, 2.24) is 9.62 Å². The van der Waals surface area contributed by atoms with Crippen LogP contribution in [0.5, 0.6) is 0 Å². The number of benzene rings is 1. The minimum atomic E-state index is -3.83. The molecule has 0 fully saturated rings. The lowest BCUT2D eigenvalue weighted by Gasteiger charge is -2.18. The fourth-order valence-electron chi connectivity index (χ4n) is 1.65. The van der Waals surface area contributed by atoms with Gasteiger partial charge in [0.15, 0.2) is 0 Å². The number of nitrogens with zero attached hydrogens (tertiary/aromatic N) is 1. The van der Waals surface area contributed by atoms with Gasteiger partial charge >= 0.3 is 0 Å². The number of rotatable bonds is 7. The molecule has 0 saturated heterocycles. The van der Waals surface area contributed by atoms with Crippen molar-refractivity contribution in [1.29, 1.82) is 0 Å². The monoisotopic (exact) mass is 308 g/mol. The van der Waals surface area contributed by atoms with Crippen LogP contribution in [0.4, 0.5) is 4.39 Å². The van der Waals surface area contributed by atoms with Crippen LogP contribution in [0.15, 0.2) is 23.1 Å². The smallest absolute Gasteiger partial charge is 0.243 e. The average molecular weight is 309 g/mol. The Balaban J connectivity index is 2.71. The standard InChI is InChI=1S/C12H18ClFN2O2S/c1-3-16(4-2)8-7-15-19(17,18)12-6-5-10(13)9-11(12)14/h5-6,9,15H,3-4,7-8H2,1-2H3. The van der Waals surface area contributed by atoms with Gasteiger partial charge < -0.3 is 4.90 Å². The zero-order chi connectivity index (χ0) is 14.5. The maximum atomic E-state index is 13.6. The Labute approximate surface area is 118 Å². The lowest BCUT2D eigenvalue weighted by Crippen LogP contribution is -2.35. The third-order valence-electron chi connectivity index (χ3n) is 2.80. The van der Waals surface area contributed by atoms with E-state index < -0.39 is 15.8 Å². The second-order valence-corrected chi connectivity index (χ2v) is 6.17. The minimum Gasteiger partial charge on any atom is -0.303 e. The number of likely N-dealkylation sites (N-methyl/N-ethyl adjacent to an activating group) is 1. The molecule has 0 aliphatic rings. The Hall–Kier alpha value is -0.690. The molecule has 1 N–H and O–H groups in total. The Morgan fingerprint density at radius 3 is 2.47 bits per heavy atom. The molecule has 19 heavy (non-hydrogen) atoms. The van der Waals surface area contributed by atoms with Gasteiger partial charge in [0.25, 0.3) is 0 Å². The Kier molecular flexibility index (Phi) is 6.19. The SMILES string of the molecule is CCN(CC)CCNS(=O)(=O)c1ccc(Cl)cc1F. The van der Waals surface area contributed by atoms with Gasteiger partial charge in [-0.3, -0.25) is 0 Å². The van der Waals surface area contributed by atoms with Gasteiger partial charge in [-0.2, -0.15) is 0 Å². The molecule has 0 atom stereocenters. The van der Waals surface area contributed by atoms with Crippen molar-refractivity contribution in [2.45, 2.75) is 18.7 Å². The van der Waals surface area contributed by atoms with E-state index in [1.807, 2.05) is 13.8 Å². The van der Waals surface area contributed by atoms with Crippen molar-refractivity contribution < 1.29 is 12.8 Å². The highest BCUT2D eigenvalue weighted by atomic mass is 35.5. The molecule has 1 aromatic rings. The van der Waals surface area contributed by atoms with Crippen LogP contribution >= 0.6 is 11.6 Å². The fraction of sp³-hybridized carbons (Fsp3) is 0.500. The van der Waals surface area contributed by atoms with E-state index >= 15 is 0 Å². The molecule has 0 aliphatic heterocycles. The molecule has 0 bridgehead atoms. The van der Waals surface area contributed by atoms with Gasteiger partial charge in [-0.25, -0.2) is 17.5 Å². The first-order chi connectivity index (χ1) is 8.90. The molecular weight excluding hydrogens is 291 g/mol. The third-order valence-corrected chi connectivity index (χ3v) is 4.53. The first-order valence-corrected chi connectivity index (χ1v) is 7.94. The van der Waals surface area contributed by atoms with Gasteiger partial charge in [0.2, 0.25) is 10.0 Å². The topological polar surface area (TPSA) is 49.4 Å². The first kappa shape index (κ1) is 16.4. The number of nitrogens with one attached hydrogen (secondary N) is 1. The summed E-state index contributed by atoms with van der Waals surface area (Å²) in [6.07, 6.45) is 0. The van der Waals surface area contributed by atoms with E-state index in [0.717, 1.165) is 25.2 Å². The van der Waals surface area contributed by atoms with Crippen LogP contribution in [0.2, 0.25) is 5.02 Å². The molecule has 0 unspecified atom stereocenters. The molecule has 0 spiro atoms. The van der Waals surface area contributed by atoms with Crippen molar-refractivity contribution >= 4 is 21.6 Å². The largest absolute Gasteiger partial charge is 0.303 e. The van der Waals surface area contributed by atoms with Crippen LogP contribution in [0.3, 0.4) is 0 Å². The van der Waals surface area contributed by atoms with Crippen molar-refractivity contribution in [2.24, 2.45) is 0 Å².